The first-order valence-corrected chi connectivity index (χ1v) is 15.7. The van der Waals surface area contributed by atoms with E-state index in [0.717, 1.165) is 29.7 Å². The van der Waals surface area contributed by atoms with Gasteiger partial charge in [-0.2, -0.15) is 0 Å². The lowest BCUT2D eigenvalue weighted by Gasteiger charge is -2.23. The molecule has 216 valence electrons. The van der Waals surface area contributed by atoms with E-state index in [9.17, 15) is 9.36 Å². The number of ether oxygens (including phenoxy) is 2. The van der Waals surface area contributed by atoms with E-state index in [2.05, 4.69) is 11.4 Å². The first-order valence-electron chi connectivity index (χ1n) is 14.1. The van der Waals surface area contributed by atoms with E-state index in [-0.39, 0.29) is 30.9 Å². The van der Waals surface area contributed by atoms with Gasteiger partial charge < -0.3 is 24.2 Å². The Hall–Kier alpha value is -2.38. The number of phosphoric acid groups is 1. The summed E-state index contributed by atoms with van der Waals surface area (Å²) < 4.78 is 27.0. The summed E-state index contributed by atoms with van der Waals surface area (Å²) in [5, 5.41) is 0. The van der Waals surface area contributed by atoms with Crippen LogP contribution in [-0.4, -0.2) is 47.5 Å². The predicted octanol–water partition coefficient (Wildman–Crippen LogP) is 6.46. The van der Waals surface area contributed by atoms with Crippen LogP contribution in [0.4, 0.5) is 0 Å². The molecule has 0 radical (unpaired) electrons. The van der Waals surface area contributed by atoms with Crippen molar-refractivity contribution in [3.63, 3.8) is 0 Å². The summed E-state index contributed by atoms with van der Waals surface area (Å²) in [6, 6.07) is 15.4. The second-order valence-corrected chi connectivity index (χ2v) is 11.5. The number of carbonyl (C=O) groups is 1. The van der Waals surface area contributed by atoms with Crippen molar-refractivity contribution in [2.45, 2.75) is 77.2 Å². The molecule has 0 aliphatic heterocycles. The molecule has 9 heteroatoms. The van der Waals surface area contributed by atoms with Gasteiger partial charge in [0.2, 0.25) is 5.91 Å². The number of unbranched alkanes of at least 4 members (excludes halogenated alkanes) is 7. The van der Waals surface area contributed by atoms with Crippen LogP contribution in [-0.2, 0) is 20.4 Å². The number of phosphoric ester groups is 1. The molecule has 0 saturated heterocycles. The normalized spacial score (nSPS) is 16.6. The van der Waals surface area contributed by atoms with E-state index in [1.165, 1.54) is 44.9 Å². The highest BCUT2D eigenvalue weighted by molar-refractivity contribution is 7.46. The van der Waals surface area contributed by atoms with Crippen LogP contribution in [0.25, 0.3) is 0 Å². The molecule has 0 bridgehead atoms. The summed E-state index contributed by atoms with van der Waals surface area (Å²) in [4.78, 5) is 33.2. The Morgan fingerprint density at radius 1 is 0.949 bits per heavy atom. The molecule has 0 unspecified atom stereocenters. The van der Waals surface area contributed by atoms with E-state index in [1.807, 2.05) is 48.5 Å². The third-order valence-corrected chi connectivity index (χ3v) is 7.64. The number of hydrogen-bond donors (Lipinski definition) is 2. The van der Waals surface area contributed by atoms with Gasteiger partial charge in [-0.25, -0.2) is 4.57 Å². The lowest BCUT2D eigenvalue weighted by molar-refractivity contribution is -0.133. The summed E-state index contributed by atoms with van der Waals surface area (Å²) in [5.41, 5.74) is 1.98. The van der Waals surface area contributed by atoms with Crippen LogP contribution in [0.15, 0.2) is 48.5 Å². The molecule has 39 heavy (non-hydrogen) atoms. The van der Waals surface area contributed by atoms with Gasteiger partial charge in [0.15, 0.2) is 0 Å². The average molecular weight is 562 g/mol. The zero-order valence-electron chi connectivity index (χ0n) is 23.3. The van der Waals surface area contributed by atoms with Gasteiger partial charge in [0.1, 0.15) is 11.5 Å². The fourth-order valence-corrected chi connectivity index (χ4v) is 5.14. The number of benzene rings is 2. The number of rotatable bonds is 19. The van der Waals surface area contributed by atoms with Gasteiger partial charge in [-0.1, -0.05) is 76.1 Å². The molecule has 2 aromatic rings. The first kappa shape index (κ1) is 31.2. The van der Waals surface area contributed by atoms with Gasteiger partial charge in [-0.15, -0.1) is 0 Å². The van der Waals surface area contributed by atoms with E-state index < -0.39 is 7.82 Å². The smallest absolute Gasteiger partial charge is 0.469 e. The van der Waals surface area contributed by atoms with Crippen molar-refractivity contribution >= 4 is 13.7 Å². The van der Waals surface area contributed by atoms with Gasteiger partial charge in [0.25, 0.3) is 0 Å². The Balaban J connectivity index is 1.51. The number of carbonyl (C=O) groups excluding carboxylic acids is 1. The van der Waals surface area contributed by atoms with Crippen molar-refractivity contribution in [3.8, 4) is 11.5 Å². The first-order chi connectivity index (χ1) is 18.8. The van der Waals surface area contributed by atoms with Crippen LogP contribution in [0.1, 0.15) is 81.8 Å². The highest BCUT2D eigenvalue weighted by atomic mass is 31.2. The van der Waals surface area contributed by atoms with Crippen molar-refractivity contribution in [1.82, 2.24) is 4.90 Å². The van der Waals surface area contributed by atoms with Crippen LogP contribution in [0, 0.1) is 5.92 Å². The maximum atomic E-state index is 13.4. The molecule has 0 heterocycles. The van der Waals surface area contributed by atoms with Crippen LogP contribution < -0.4 is 9.47 Å². The van der Waals surface area contributed by atoms with Gasteiger partial charge >= 0.3 is 7.82 Å². The Labute approximate surface area is 232 Å². The third kappa shape index (κ3) is 11.3. The maximum absolute atomic E-state index is 13.4. The summed E-state index contributed by atoms with van der Waals surface area (Å²) in [6.07, 6.45) is 10.8. The number of methoxy groups -OCH3 is 1. The third-order valence-electron chi connectivity index (χ3n) is 7.13. The molecule has 3 rings (SSSR count). The molecule has 2 N–H and O–H groups in total. The second-order valence-electron chi connectivity index (χ2n) is 10.3. The lowest BCUT2D eigenvalue weighted by atomic mass is 10.1. The summed E-state index contributed by atoms with van der Waals surface area (Å²) in [5.74, 6) is 1.42. The van der Waals surface area contributed by atoms with Gasteiger partial charge in [-0.3, -0.25) is 9.32 Å². The molecular weight excluding hydrogens is 517 g/mol. The second kappa shape index (κ2) is 16.0. The average Bonchev–Trinajstić information content (AvgIpc) is 3.72. The molecule has 1 aliphatic carbocycles. The summed E-state index contributed by atoms with van der Waals surface area (Å²) >= 11 is 0. The molecule has 0 spiro atoms. The molecule has 1 fully saturated rings. The van der Waals surface area contributed by atoms with E-state index in [1.54, 1.807) is 12.0 Å². The van der Waals surface area contributed by atoms with Gasteiger partial charge in [0.05, 0.1) is 20.3 Å². The minimum atomic E-state index is -4.61. The van der Waals surface area contributed by atoms with Crippen LogP contribution in [0.5, 0.6) is 11.5 Å². The number of nitrogens with zero attached hydrogens (tertiary/aromatic N) is 1. The van der Waals surface area contributed by atoms with Crippen molar-refractivity contribution < 1.29 is 33.1 Å². The van der Waals surface area contributed by atoms with Crippen molar-refractivity contribution in [2.75, 3.05) is 26.9 Å². The Morgan fingerprint density at radius 3 is 2.31 bits per heavy atom. The van der Waals surface area contributed by atoms with Gasteiger partial charge in [-0.05, 0) is 54.2 Å². The highest BCUT2D eigenvalue weighted by Crippen LogP contribution is 2.49. The van der Waals surface area contributed by atoms with E-state index >= 15 is 0 Å². The van der Waals surface area contributed by atoms with E-state index in [0.29, 0.717) is 18.9 Å². The molecule has 1 saturated carbocycles. The molecule has 2 aromatic carbocycles. The zero-order chi connectivity index (χ0) is 28.1. The number of hydrogen-bond acceptors (Lipinski definition) is 5. The Bertz CT molecular complexity index is 1060. The minimum Gasteiger partial charge on any atom is -0.497 e. The predicted molar refractivity (Wildman–Crippen MR) is 152 cm³/mol. The highest BCUT2D eigenvalue weighted by Gasteiger charge is 2.45. The SMILES string of the molecule is CCCCCCCCCCOc1cccc([C@@H]2C[C@H]2C(=O)N(CCOP(=O)(O)O)Cc2ccc(OC)cc2)c1. The Kier molecular flexibility index (Phi) is 12.8. The van der Waals surface area contributed by atoms with Gasteiger partial charge in [0, 0.05) is 19.0 Å². The van der Waals surface area contributed by atoms with Crippen molar-refractivity contribution in [3.05, 3.63) is 59.7 Å². The van der Waals surface area contributed by atoms with Crippen LogP contribution in [0.2, 0.25) is 0 Å². The quantitative estimate of drug-likeness (QED) is 0.150. The summed E-state index contributed by atoms with van der Waals surface area (Å²) in [6.45, 7) is 3.09. The topological polar surface area (TPSA) is 106 Å². The molecule has 1 aliphatic rings. The summed E-state index contributed by atoms with van der Waals surface area (Å²) in [7, 11) is -3.02. The van der Waals surface area contributed by atoms with Crippen molar-refractivity contribution in [1.29, 1.82) is 0 Å². The standard InChI is InChI=1S/C30H44NO7P/c1-3-4-5-6-7-8-9-10-19-37-27-13-11-12-25(21-27)28-22-29(28)30(32)31(18-20-38-39(33,34)35)23-24-14-16-26(36-2)17-15-24/h11-17,21,28-29H,3-10,18-20,22-23H2,1-2H3,(H2,33,34,35)/t28-,29+/m0/s1. The lowest BCUT2D eigenvalue weighted by Crippen LogP contribution is -2.35. The van der Waals surface area contributed by atoms with Crippen LogP contribution >= 0.6 is 7.82 Å². The van der Waals surface area contributed by atoms with E-state index in [4.69, 9.17) is 19.3 Å². The fraction of sp³-hybridized carbons (Fsp3) is 0.567. The molecule has 1 amide bonds. The monoisotopic (exact) mass is 561 g/mol. The van der Waals surface area contributed by atoms with Crippen molar-refractivity contribution in [2.24, 2.45) is 5.92 Å². The maximum Gasteiger partial charge on any atom is 0.469 e. The molecule has 2 atom stereocenters. The molecule has 8 nitrogen and oxygen atoms in total. The Morgan fingerprint density at radius 2 is 1.64 bits per heavy atom. The largest absolute Gasteiger partial charge is 0.497 e. The van der Waals surface area contributed by atoms with Crippen LogP contribution in [0.3, 0.4) is 0 Å². The fourth-order valence-electron chi connectivity index (χ4n) is 4.82. The molecule has 0 aromatic heterocycles. The minimum absolute atomic E-state index is 0.0459. The number of amides is 1. The molecular formula is C30H44NO7P. The zero-order valence-corrected chi connectivity index (χ0v) is 24.2.